The van der Waals surface area contributed by atoms with Crippen molar-refractivity contribution in [3.63, 3.8) is 0 Å². The van der Waals surface area contributed by atoms with Crippen LogP contribution in [-0.2, 0) is 9.59 Å². The lowest BCUT2D eigenvalue weighted by Crippen LogP contribution is -2.39. The molecule has 2 rings (SSSR count). The largest absolute Gasteiger partial charge is 0.481 e. The van der Waals surface area contributed by atoms with Crippen LogP contribution in [0.25, 0.3) is 10.9 Å². The molecule has 2 N–H and O–H groups in total. The molecule has 25 heavy (non-hydrogen) atoms. The second kappa shape index (κ2) is 9.16. The van der Waals surface area contributed by atoms with E-state index >= 15 is 0 Å². The van der Waals surface area contributed by atoms with Crippen molar-refractivity contribution in [3.8, 4) is 0 Å². The number of carboxylic acids is 1. The number of carbonyl (C=O) groups is 2. The van der Waals surface area contributed by atoms with Gasteiger partial charge in [-0.15, -0.1) is 5.10 Å². The minimum atomic E-state index is -0.912. The summed E-state index contributed by atoms with van der Waals surface area (Å²) in [6, 6.07) is 6.07. The number of hydrogen-bond acceptors (Lipinski definition) is 6. The molecule has 9 heteroatoms. The Bertz CT molecular complexity index is 808. The third-order valence-electron chi connectivity index (χ3n) is 3.65. The molecule has 0 saturated carbocycles. The number of hydrogen-bond donors (Lipinski definition) is 2. The molecule has 0 saturated heterocycles. The minimum Gasteiger partial charge on any atom is -0.481 e. The SMILES string of the molecule is CSCCC(C(=O)NCCCC(=O)O)n1nnc2ccccc2c1=O. The van der Waals surface area contributed by atoms with Crippen LogP contribution in [0.1, 0.15) is 25.3 Å². The predicted octanol–water partition coefficient (Wildman–Crippen LogP) is 1.07. The van der Waals surface area contributed by atoms with E-state index in [9.17, 15) is 14.4 Å². The Hall–Kier alpha value is -2.42. The van der Waals surface area contributed by atoms with Crippen molar-refractivity contribution in [1.29, 1.82) is 0 Å². The summed E-state index contributed by atoms with van der Waals surface area (Å²) >= 11 is 1.56. The lowest BCUT2D eigenvalue weighted by atomic mass is 10.2. The van der Waals surface area contributed by atoms with Crippen LogP contribution in [0.5, 0.6) is 0 Å². The average Bonchev–Trinajstić information content (AvgIpc) is 2.60. The molecule has 0 radical (unpaired) electrons. The summed E-state index contributed by atoms with van der Waals surface area (Å²) < 4.78 is 1.12. The molecular weight excluding hydrogens is 344 g/mol. The number of benzene rings is 1. The van der Waals surface area contributed by atoms with E-state index in [4.69, 9.17) is 5.11 Å². The summed E-state index contributed by atoms with van der Waals surface area (Å²) in [6.45, 7) is 0.233. The van der Waals surface area contributed by atoms with Gasteiger partial charge in [0.05, 0.1) is 5.39 Å². The van der Waals surface area contributed by atoms with Gasteiger partial charge in [0, 0.05) is 13.0 Å². The van der Waals surface area contributed by atoms with E-state index in [1.165, 1.54) is 0 Å². The van der Waals surface area contributed by atoms with Crippen molar-refractivity contribution in [1.82, 2.24) is 20.3 Å². The Morgan fingerprint density at radius 1 is 1.36 bits per heavy atom. The molecule has 1 aromatic heterocycles. The fraction of sp³-hybridized carbons (Fsp3) is 0.438. The molecule has 1 amide bonds. The zero-order chi connectivity index (χ0) is 18.2. The molecule has 0 spiro atoms. The summed E-state index contributed by atoms with van der Waals surface area (Å²) in [5, 5.41) is 19.7. The number of aromatic nitrogens is 3. The number of carboxylic acid groups (broad SMARTS) is 1. The molecular formula is C16H20N4O4S. The van der Waals surface area contributed by atoms with Crippen molar-refractivity contribution < 1.29 is 14.7 Å². The third kappa shape index (κ3) is 5.02. The van der Waals surface area contributed by atoms with Crippen molar-refractivity contribution in [2.45, 2.75) is 25.3 Å². The summed E-state index contributed by atoms with van der Waals surface area (Å²) in [7, 11) is 0. The fourth-order valence-electron chi connectivity index (χ4n) is 2.37. The number of nitrogens with zero attached hydrogens (tertiary/aromatic N) is 3. The van der Waals surface area contributed by atoms with Gasteiger partial charge in [0.25, 0.3) is 5.56 Å². The first-order valence-electron chi connectivity index (χ1n) is 7.87. The summed E-state index contributed by atoms with van der Waals surface area (Å²) in [5.41, 5.74) is 0.117. The van der Waals surface area contributed by atoms with Crippen LogP contribution in [0.4, 0.5) is 0 Å². The topological polar surface area (TPSA) is 114 Å². The summed E-state index contributed by atoms with van der Waals surface area (Å²) in [5.74, 6) is -0.593. The molecule has 1 atom stereocenters. The highest BCUT2D eigenvalue weighted by Crippen LogP contribution is 2.13. The molecule has 0 aliphatic rings. The number of amides is 1. The molecule has 0 fully saturated rings. The Kier molecular flexibility index (Phi) is 6.93. The smallest absolute Gasteiger partial charge is 0.303 e. The molecule has 134 valence electrons. The van der Waals surface area contributed by atoms with Gasteiger partial charge in [-0.05, 0) is 37.0 Å². The first kappa shape index (κ1) is 18.9. The second-order valence-electron chi connectivity index (χ2n) is 5.44. The third-order valence-corrected chi connectivity index (χ3v) is 4.30. The molecule has 8 nitrogen and oxygen atoms in total. The van der Waals surface area contributed by atoms with Gasteiger partial charge >= 0.3 is 5.97 Å². The van der Waals surface area contributed by atoms with Crippen LogP contribution in [0.3, 0.4) is 0 Å². The molecule has 1 unspecified atom stereocenters. The molecule has 0 bridgehead atoms. The van der Waals surface area contributed by atoms with Gasteiger partial charge in [-0.3, -0.25) is 14.4 Å². The Morgan fingerprint density at radius 3 is 2.84 bits per heavy atom. The molecule has 1 aromatic carbocycles. The highest BCUT2D eigenvalue weighted by atomic mass is 32.2. The van der Waals surface area contributed by atoms with Gasteiger partial charge < -0.3 is 10.4 Å². The van der Waals surface area contributed by atoms with Gasteiger partial charge in [0.2, 0.25) is 5.91 Å². The van der Waals surface area contributed by atoms with Crippen LogP contribution in [0.2, 0.25) is 0 Å². The van der Waals surface area contributed by atoms with Crippen molar-refractivity contribution >= 4 is 34.5 Å². The normalized spacial score (nSPS) is 12.0. The van der Waals surface area contributed by atoms with Crippen LogP contribution >= 0.6 is 11.8 Å². The molecule has 0 aliphatic carbocycles. The first-order valence-corrected chi connectivity index (χ1v) is 9.26. The standard InChI is InChI=1S/C16H20N4O4S/c1-25-10-8-13(15(23)17-9-4-7-14(21)22)20-16(24)11-5-2-3-6-12(11)18-19-20/h2-3,5-6,13H,4,7-10H2,1H3,(H,17,23)(H,21,22). The zero-order valence-corrected chi connectivity index (χ0v) is 14.7. The Balaban J connectivity index is 2.21. The highest BCUT2D eigenvalue weighted by molar-refractivity contribution is 7.98. The van der Waals surface area contributed by atoms with E-state index < -0.39 is 12.0 Å². The number of aliphatic carboxylic acids is 1. The second-order valence-corrected chi connectivity index (χ2v) is 6.43. The number of nitrogens with one attached hydrogen (secondary N) is 1. The van der Waals surface area contributed by atoms with Gasteiger partial charge in [0.1, 0.15) is 11.6 Å². The van der Waals surface area contributed by atoms with Crippen LogP contribution in [-0.4, -0.2) is 50.5 Å². The van der Waals surface area contributed by atoms with E-state index in [1.807, 2.05) is 6.26 Å². The van der Waals surface area contributed by atoms with Crippen molar-refractivity contribution in [2.75, 3.05) is 18.6 Å². The quantitative estimate of drug-likeness (QED) is 0.640. The van der Waals surface area contributed by atoms with E-state index in [2.05, 4.69) is 15.6 Å². The van der Waals surface area contributed by atoms with Crippen molar-refractivity contribution in [3.05, 3.63) is 34.6 Å². The number of fused-ring (bicyclic) bond motifs is 1. The van der Waals surface area contributed by atoms with Crippen LogP contribution in [0.15, 0.2) is 29.1 Å². The molecule has 0 aliphatic heterocycles. The zero-order valence-electron chi connectivity index (χ0n) is 13.8. The monoisotopic (exact) mass is 364 g/mol. The van der Waals surface area contributed by atoms with E-state index in [1.54, 1.807) is 36.0 Å². The predicted molar refractivity (Wildman–Crippen MR) is 95.7 cm³/mol. The number of rotatable bonds is 9. The number of carbonyl (C=O) groups excluding carboxylic acids is 1. The summed E-state index contributed by atoms with van der Waals surface area (Å²) in [6.07, 6.45) is 2.65. The highest BCUT2D eigenvalue weighted by Gasteiger charge is 2.23. The van der Waals surface area contributed by atoms with Gasteiger partial charge in [0.15, 0.2) is 0 Å². The maximum absolute atomic E-state index is 12.7. The minimum absolute atomic E-state index is 0.0223. The van der Waals surface area contributed by atoms with E-state index in [-0.39, 0.29) is 24.4 Å². The molecule has 1 heterocycles. The lowest BCUT2D eigenvalue weighted by Gasteiger charge is -2.17. The van der Waals surface area contributed by atoms with Gasteiger partial charge in [-0.25, -0.2) is 0 Å². The fourth-order valence-corrected chi connectivity index (χ4v) is 2.83. The van der Waals surface area contributed by atoms with Crippen LogP contribution < -0.4 is 10.9 Å². The Labute approximate surface area is 148 Å². The van der Waals surface area contributed by atoms with E-state index in [0.717, 1.165) is 4.68 Å². The lowest BCUT2D eigenvalue weighted by molar-refractivity contribution is -0.137. The maximum atomic E-state index is 12.7. The average molecular weight is 364 g/mol. The Morgan fingerprint density at radius 2 is 2.12 bits per heavy atom. The van der Waals surface area contributed by atoms with Gasteiger partial charge in [-0.2, -0.15) is 16.4 Å². The van der Waals surface area contributed by atoms with E-state index in [0.29, 0.717) is 29.5 Å². The van der Waals surface area contributed by atoms with Crippen molar-refractivity contribution in [2.24, 2.45) is 0 Å². The molecule has 2 aromatic rings. The summed E-state index contributed by atoms with van der Waals surface area (Å²) in [4.78, 5) is 35.7. The maximum Gasteiger partial charge on any atom is 0.303 e. The van der Waals surface area contributed by atoms with Gasteiger partial charge in [-0.1, -0.05) is 17.3 Å². The first-order chi connectivity index (χ1) is 12.0. The van der Waals surface area contributed by atoms with Crippen LogP contribution in [0, 0.1) is 0 Å². The number of thioether (sulfide) groups is 1.